The second kappa shape index (κ2) is 5.16. The number of amides is 1. The van der Waals surface area contributed by atoms with Crippen LogP contribution < -0.4 is 5.32 Å². The highest BCUT2D eigenvalue weighted by molar-refractivity contribution is 6.02. The van der Waals surface area contributed by atoms with Crippen molar-refractivity contribution >= 4 is 11.6 Å². The average Bonchev–Trinajstić information content (AvgIpc) is 3.08. The molecule has 8 heteroatoms. The summed E-state index contributed by atoms with van der Waals surface area (Å²) in [5.41, 5.74) is 0.684. The molecule has 8 nitrogen and oxygen atoms in total. The number of imidazole rings is 1. The van der Waals surface area contributed by atoms with Crippen molar-refractivity contribution in [1.82, 2.24) is 24.7 Å². The third-order valence-electron chi connectivity index (χ3n) is 2.80. The normalized spacial score (nSPS) is 10.6. The van der Waals surface area contributed by atoms with Crippen LogP contribution in [0.5, 0.6) is 0 Å². The lowest BCUT2D eigenvalue weighted by atomic mass is 10.3. The zero-order valence-corrected chi connectivity index (χ0v) is 11.4. The van der Waals surface area contributed by atoms with Crippen molar-refractivity contribution in [3.63, 3.8) is 0 Å². The molecule has 1 amide bonds. The molecule has 21 heavy (non-hydrogen) atoms. The van der Waals surface area contributed by atoms with Gasteiger partial charge in [-0.2, -0.15) is 0 Å². The van der Waals surface area contributed by atoms with Crippen molar-refractivity contribution < 1.29 is 9.32 Å². The zero-order valence-electron chi connectivity index (χ0n) is 11.4. The van der Waals surface area contributed by atoms with E-state index in [9.17, 15) is 4.79 Å². The Labute approximate surface area is 119 Å². The summed E-state index contributed by atoms with van der Waals surface area (Å²) in [6, 6.07) is 1.55. The Morgan fingerprint density at radius 2 is 2.00 bits per heavy atom. The number of hydrogen-bond donors (Lipinski definition) is 1. The van der Waals surface area contributed by atoms with Gasteiger partial charge in [0.2, 0.25) is 5.95 Å². The van der Waals surface area contributed by atoms with Crippen LogP contribution in [0.3, 0.4) is 0 Å². The van der Waals surface area contributed by atoms with E-state index < -0.39 is 0 Å². The predicted octanol–water partition coefficient (Wildman–Crippen LogP) is 1.52. The summed E-state index contributed by atoms with van der Waals surface area (Å²) < 4.78 is 6.59. The minimum Gasteiger partial charge on any atom is -0.361 e. The van der Waals surface area contributed by atoms with Crippen LogP contribution >= 0.6 is 0 Å². The minimum absolute atomic E-state index is 0.210. The van der Waals surface area contributed by atoms with E-state index in [0.29, 0.717) is 17.4 Å². The first-order valence-corrected chi connectivity index (χ1v) is 6.20. The Hall–Kier alpha value is -3.03. The molecule has 0 bridgehead atoms. The molecular weight excluding hydrogens is 272 g/mol. The third-order valence-corrected chi connectivity index (χ3v) is 2.80. The summed E-state index contributed by atoms with van der Waals surface area (Å²) in [6.07, 6.45) is 6.47. The van der Waals surface area contributed by atoms with Crippen molar-refractivity contribution in [2.45, 2.75) is 13.8 Å². The highest BCUT2D eigenvalue weighted by Crippen LogP contribution is 2.10. The van der Waals surface area contributed by atoms with Gasteiger partial charge in [-0.3, -0.25) is 9.36 Å². The maximum atomic E-state index is 11.9. The van der Waals surface area contributed by atoms with Gasteiger partial charge in [0.1, 0.15) is 11.6 Å². The first-order chi connectivity index (χ1) is 10.1. The standard InChI is InChI=1S/C13H12N6O2/c1-8-5-11(18-21-8)12(20)17-10-6-15-13(16-7-10)19-4-3-14-9(19)2/h3-7H,1-2H3,(H,17,20). The Bertz CT molecular complexity index is 774. The van der Waals surface area contributed by atoms with Gasteiger partial charge in [-0.1, -0.05) is 5.16 Å². The van der Waals surface area contributed by atoms with Gasteiger partial charge < -0.3 is 9.84 Å². The van der Waals surface area contributed by atoms with E-state index in [1.54, 1.807) is 30.0 Å². The van der Waals surface area contributed by atoms with Gasteiger partial charge >= 0.3 is 0 Å². The predicted molar refractivity (Wildman–Crippen MR) is 73.1 cm³/mol. The lowest BCUT2D eigenvalue weighted by Crippen LogP contribution is -2.13. The number of rotatable bonds is 3. The molecule has 0 fully saturated rings. The quantitative estimate of drug-likeness (QED) is 0.782. The van der Waals surface area contributed by atoms with E-state index in [4.69, 9.17) is 4.52 Å². The molecule has 0 aliphatic rings. The number of aryl methyl sites for hydroxylation is 2. The fraction of sp³-hybridized carbons (Fsp3) is 0.154. The van der Waals surface area contributed by atoms with E-state index in [1.807, 2.05) is 6.92 Å². The van der Waals surface area contributed by atoms with Gasteiger partial charge in [0, 0.05) is 18.5 Å². The Morgan fingerprint density at radius 3 is 2.57 bits per heavy atom. The molecule has 3 rings (SSSR count). The molecule has 0 spiro atoms. The summed E-state index contributed by atoms with van der Waals surface area (Å²) in [6.45, 7) is 3.57. The van der Waals surface area contributed by atoms with E-state index >= 15 is 0 Å². The Morgan fingerprint density at radius 1 is 1.24 bits per heavy atom. The van der Waals surface area contributed by atoms with Crippen molar-refractivity contribution in [1.29, 1.82) is 0 Å². The smallest absolute Gasteiger partial charge is 0.277 e. The first-order valence-electron chi connectivity index (χ1n) is 6.20. The number of carbonyl (C=O) groups excluding carboxylic acids is 1. The van der Waals surface area contributed by atoms with Gasteiger partial charge in [-0.05, 0) is 13.8 Å². The summed E-state index contributed by atoms with van der Waals surface area (Å²) in [4.78, 5) is 24.4. The van der Waals surface area contributed by atoms with Crippen molar-refractivity contribution in [3.05, 3.63) is 48.1 Å². The average molecular weight is 284 g/mol. The highest BCUT2D eigenvalue weighted by atomic mass is 16.5. The molecular formula is C13H12N6O2. The van der Waals surface area contributed by atoms with Crippen molar-refractivity contribution in [3.8, 4) is 5.95 Å². The highest BCUT2D eigenvalue weighted by Gasteiger charge is 2.12. The fourth-order valence-corrected chi connectivity index (χ4v) is 1.77. The number of hydrogen-bond acceptors (Lipinski definition) is 6. The molecule has 3 heterocycles. The summed E-state index contributed by atoms with van der Waals surface area (Å²) in [7, 11) is 0. The molecule has 0 saturated heterocycles. The summed E-state index contributed by atoms with van der Waals surface area (Å²) >= 11 is 0. The van der Waals surface area contributed by atoms with Crippen LogP contribution in [-0.2, 0) is 0 Å². The van der Waals surface area contributed by atoms with Crippen LogP contribution in [0.15, 0.2) is 35.4 Å². The van der Waals surface area contributed by atoms with Gasteiger partial charge in [-0.25, -0.2) is 15.0 Å². The molecule has 0 radical (unpaired) electrons. The Balaban J connectivity index is 1.76. The van der Waals surface area contributed by atoms with E-state index in [2.05, 4.69) is 25.4 Å². The molecule has 0 unspecified atom stereocenters. The zero-order chi connectivity index (χ0) is 14.8. The number of anilines is 1. The molecule has 1 N–H and O–H groups in total. The van der Waals surface area contributed by atoms with Crippen molar-refractivity contribution in [2.24, 2.45) is 0 Å². The minimum atomic E-state index is -0.373. The lowest BCUT2D eigenvalue weighted by Gasteiger charge is -2.05. The molecule has 3 aromatic heterocycles. The van der Waals surface area contributed by atoms with Crippen molar-refractivity contribution in [2.75, 3.05) is 5.32 Å². The van der Waals surface area contributed by atoms with Crippen LogP contribution in [-0.4, -0.2) is 30.6 Å². The fourth-order valence-electron chi connectivity index (χ4n) is 1.77. The van der Waals surface area contributed by atoms with E-state index in [0.717, 1.165) is 5.82 Å². The second-order valence-electron chi connectivity index (χ2n) is 4.39. The van der Waals surface area contributed by atoms with E-state index in [1.165, 1.54) is 12.4 Å². The Kier molecular flexibility index (Phi) is 3.19. The number of nitrogens with one attached hydrogen (secondary N) is 1. The molecule has 0 atom stereocenters. The molecule has 0 aliphatic carbocycles. The van der Waals surface area contributed by atoms with Crippen LogP contribution in [0.25, 0.3) is 5.95 Å². The third kappa shape index (κ3) is 2.64. The summed E-state index contributed by atoms with van der Waals surface area (Å²) in [5, 5.41) is 6.29. The topological polar surface area (TPSA) is 98.7 Å². The second-order valence-corrected chi connectivity index (χ2v) is 4.39. The largest absolute Gasteiger partial charge is 0.361 e. The molecule has 3 aromatic rings. The van der Waals surface area contributed by atoms with Crippen LogP contribution in [0, 0.1) is 13.8 Å². The van der Waals surface area contributed by atoms with Crippen LogP contribution in [0.4, 0.5) is 5.69 Å². The monoisotopic (exact) mass is 284 g/mol. The van der Waals surface area contributed by atoms with Crippen LogP contribution in [0.1, 0.15) is 22.1 Å². The van der Waals surface area contributed by atoms with Gasteiger partial charge in [0.05, 0.1) is 18.1 Å². The van der Waals surface area contributed by atoms with Gasteiger partial charge in [0.25, 0.3) is 5.91 Å². The maximum absolute atomic E-state index is 11.9. The van der Waals surface area contributed by atoms with Crippen LogP contribution in [0.2, 0.25) is 0 Å². The molecule has 0 aliphatic heterocycles. The number of carbonyl (C=O) groups is 1. The first kappa shape index (κ1) is 13.0. The number of aromatic nitrogens is 5. The lowest BCUT2D eigenvalue weighted by molar-refractivity contribution is 0.101. The molecule has 0 saturated carbocycles. The molecule has 106 valence electrons. The van der Waals surface area contributed by atoms with E-state index in [-0.39, 0.29) is 11.6 Å². The molecule has 0 aromatic carbocycles. The van der Waals surface area contributed by atoms with Gasteiger partial charge in [0.15, 0.2) is 5.69 Å². The summed E-state index contributed by atoms with van der Waals surface area (Å²) in [5.74, 6) is 1.47. The SMILES string of the molecule is Cc1cc(C(=O)Nc2cnc(-n3ccnc3C)nc2)no1. The van der Waals surface area contributed by atoms with Gasteiger partial charge in [-0.15, -0.1) is 0 Å². The number of nitrogens with zero attached hydrogens (tertiary/aromatic N) is 5. The maximum Gasteiger partial charge on any atom is 0.277 e.